The minimum Gasteiger partial charge on any atom is -0.402 e. The van der Waals surface area contributed by atoms with Crippen LogP contribution in [0.4, 0.5) is 0 Å². The lowest BCUT2D eigenvalue weighted by Gasteiger charge is -1.97. The van der Waals surface area contributed by atoms with Gasteiger partial charge in [-0.1, -0.05) is 6.82 Å². The molecule has 0 unspecified atom stereocenters. The standard InChI is InChI=1S/C8H12BN2O/c1-3-10-8(12)7-4-5-11(6-7)9-2/h4-6H,3H2,1-2H3,(H,10,12). The number of nitrogens with zero attached hydrogens (tertiary/aromatic N) is 1. The lowest BCUT2D eigenvalue weighted by molar-refractivity contribution is 0.0956. The van der Waals surface area contributed by atoms with Crippen LogP contribution in [-0.2, 0) is 0 Å². The number of nitrogens with one attached hydrogen (secondary N) is 1. The highest BCUT2D eigenvalue weighted by Crippen LogP contribution is 1.98. The Labute approximate surface area is 73.0 Å². The Morgan fingerprint density at radius 2 is 2.50 bits per heavy atom. The van der Waals surface area contributed by atoms with E-state index in [1.807, 2.05) is 31.8 Å². The number of carbonyl (C=O) groups is 1. The molecule has 1 rings (SSSR count). The summed E-state index contributed by atoms with van der Waals surface area (Å²) in [4.78, 5) is 11.2. The molecule has 1 aromatic rings. The van der Waals surface area contributed by atoms with Gasteiger partial charge in [-0.2, -0.15) is 0 Å². The van der Waals surface area contributed by atoms with E-state index in [1.165, 1.54) is 0 Å². The van der Waals surface area contributed by atoms with Crippen molar-refractivity contribution in [2.24, 2.45) is 0 Å². The molecule has 1 N–H and O–H groups in total. The fraction of sp³-hybridized carbons (Fsp3) is 0.375. The minimum atomic E-state index is -0.0156. The molecule has 0 aliphatic heterocycles. The van der Waals surface area contributed by atoms with Gasteiger partial charge in [-0.3, -0.25) is 4.79 Å². The molecule has 0 aliphatic carbocycles. The van der Waals surface area contributed by atoms with Crippen molar-refractivity contribution >= 4 is 13.3 Å². The highest BCUT2D eigenvalue weighted by molar-refractivity contribution is 6.31. The third kappa shape index (κ3) is 1.90. The van der Waals surface area contributed by atoms with Crippen LogP contribution in [0.15, 0.2) is 18.5 Å². The lowest BCUT2D eigenvalue weighted by atomic mass is 10.0. The van der Waals surface area contributed by atoms with Crippen molar-refractivity contribution in [3.05, 3.63) is 24.0 Å². The van der Waals surface area contributed by atoms with E-state index < -0.39 is 0 Å². The zero-order valence-corrected chi connectivity index (χ0v) is 7.37. The van der Waals surface area contributed by atoms with Crippen LogP contribution in [0.25, 0.3) is 0 Å². The first-order valence-corrected chi connectivity index (χ1v) is 4.03. The van der Waals surface area contributed by atoms with Crippen LogP contribution in [-0.4, -0.2) is 24.3 Å². The molecule has 0 saturated heterocycles. The molecule has 0 spiro atoms. The van der Waals surface area contributed by atoms with Crippen LogP contribution in [0, 0.1) is 0 Å². The molecule has 4 heteroatoms. The Morgan fingerprint density at radius 3 is 3.00 bits per heavy atom. The molecular formula is C8H12BN2O. The van der Waals surface area contributed by atoms with Crippen LogP contribution >= 0.6 is 0 Å². The summed E-state index contributed by atoms with van der Waals surface area (Å²) in [7, 11) is 1.89. The summed E-state index contributed by atoms with van der Waals surface area (Å²) >= 11 is 0. The first-order valence-electron chi connectivity index (χ1n) is 4.03. The molecule has 0 bridgehead atoms. The number of aromatic nitrogens is 1. The molecule has 63 valence electrons. The Balaban J connectivity index is 2.68. The quantitative estimate of drug-likeness (QED) is 0.655. The van der Waals surface area contributed by atoms with Crippen molar-refractivity contribution < 1.29 is 4.79 Å². The zero-order valence-electron chi connectivity index (χ0n) is 7.37. The monoisotopic (exact) mass is 163 g/mol. The number of rotatable bonds is 3. The number of hydrogen-bond acceptors (Lipinski definition) is 1. The van der Waals surface area contributed by atoms with Gasteiger partial charge in [-0.15, -0.1) is 0 Å². The first kappa shape index (κ1) is 8.91. The number of hydrogen-bond donors (Lipinski definition) is 1. The average Bonchev–Trinajstić information content (AvgIpc) is 2.52. The third-order valence-corrected chi connectivity index (χ3v) is 1.61. The van der Waals surface area contributed by atoms with Gasteiger partial charge < -0.3 is 9.79 Å². The Kier molecular flexibility index (Phi) is 2.97. The highest BCUT2D eigenvalue weighted by Gasteiger charge is 2.04. The van der Waals surface area contributed by atoms with Gasteiger partial charge in [0.25, 0.3) is 5.91 Å². The molecule has 0 aromatic carbocycles. The van der Waals surface area contributed by atoms with Crippen LogP contribution in [0.3, 0.4) is 0 Å². The number of carbonyl (C=O) groups excluding carboxylic acids is 1. The highest BCUT2D eigenvalue weighted by atomic mass is 16.1. The summed E-state index contributed by atoms with van der Waals surface area (Å²) in [5, 5.41) is 2.73. The van der Waals surface area contributed by atoms with E-state index in [4.69, 9.17) is 0 Å². The Bertz CT molecular complexity index is 270. The van der Waals surface area contributed by atoms with Crippen LogP contribution < -0.4 is 5.32 Å². The Hall–Kier alpha value is -1.19. The van der Waals surface area contributed by atoms with Gasteiger partial charge in [-0.25, -0.2) is 0 Å². The molecule has 1 heterocycles. The summed E-state index contributed by atoms with van der Waals surface area (Å²) < 4.78 is 1.85. The summed E-state index contributed by atoms with van der Waals surface area (Å²) in [5.41, 5.74) is 0.704. The van der Waals surface area contributed by atoms with Gasteiger partial charge in [0.15, 0.2) is 0 Å². The van der Waals surface area contributed by atoms with E-state index in [-0.39, 0.29) is 5.91 Å². The minimum absolute atomic E-state index is 0.0156. The van der Waals surface area contributed by atoms with Crippen LogP contribution in [0.5, 0.6) is 0 Å². The van der Waals surface area contributed by atoms with E-state index in [0.29, 0.717) is 12.1 Å². The average molecular weight is 163 g/mol. The Morgan fingerprint density at radius 1 is 1.75 bits per heavy atom. The lowest BCUT2D eigenvalue weighted by Crippen LogP contribution is -2.22. The largest absolute Gasteiger partial charge is 0.402 e. The van der Waals surface area contributed by atoms with Gasteiger partial charge >= 0.3 is 0 Å². The molecule has 0 aliphatic rings. The molecule has 0 saturated carbocycles. The third-order valence-electron chi connectivity index (χ3n) is 1.61. The van der Waals surface area contributed by atoms with Gasteiger partial charge in [0.2, 0.25) is 7.41 Å². The number of amides is 1. The molecule has 12 heavy (non-hydrogen) atoms. The molecule has 3 nitrogen and oxygen atoms in total. The summed E-state index contributed by atoms with van der Waals surface area (Å²) in [6.45, 7) is 4.49. The molecular weight excluding hydrogens is 151 g/mol. The second-order valence-electron chi connectivity index (χ2n) is 2.47. The SMILES string of the molecule is C[B]n1ccc(C(=O)NCC)c1. The van der Waals surface area contributed by atoms with Crippen molar-refractivity contribution in [2.45, 2.75) is 13.7 Å². The van der Waals surface area contributed by atoms with E-state index in [0.717, 1.165) is 0 Å². The fourth-order valence-electron chi connectivity index (χ4n) is 0.971. The van der Waals surface area contributed by atoms with Crippen molar-refractivity contribution in [1.82, 2.24) is 9.79 Å². The topological polar surface area (TPSA) is 34.0 Å². The normalized spacial score (nSPS) is 9.50. The fourth-order valence-corrected chi connectivity index (χ4v) is 0.971. The van der Waals surface area contributed by atoms with Crippen molar-refractivity contribution in [3.8, 4) is 0 Å². The van der Waals surface area contributed by atoms with Gasteiger partial charge in [0, 0.05) is 12.7 Å². The van der Waals surface area contributed by atoms with E-state index in [2.05, 4.69) is 5.32 Å². The van der Waals surface area contributed by atoms with Crippen molar-refractivity contribution in [3.63, 3.8) is 0 Å². The van der Waals surface area contributed by atoms with Crippen LogP contribution in [0.2, 0.25) is 6.82 Å². The molecule has 1 aromatic heterocycles. The van der Waals surface area contributed by atoms with E-state index in [1.54, 1.807) is 12.3 Å². The molecule has 0 atom stereocenters. The second-order valence-corrected chi connectivity index (χ2v) is 2.47. The smallest absolute Gasteiger partial charge is 0.252 e. The predicted octanol–water partition coefficient (Wildman–Crippen LogP) is 0.753. The van der Waals surface area contributed by atoms with E-state index in [9.17, 15) is 4.79 Å². The van der Waals surface area contributed by atoms with Crippen LogP contribution in [0.1, 0.15) is 17.3 Å². The summed E-state index contributed by atoms with van der Waals surface area (Å²) in [6, 6.07) is 1.80. The van der Waals surface area contributed by atoms with Crippen molar-refractivity contribution in [1.29, 1.82) is 0 Å². The zero-order chi connectivity index (χ0) is 8.97. The molecule has 1 radical (unpaired) electrons. The van der Waals surface area contributed by atoms with Gasteiger partial charge in [0.1, 0.15) is 0 Å². The maximum Gasteiger partial charge on any atom is 0.252 e. The van der Waals surface area contributed by atoms with Crippen molar-refractivity contribution in [2.75, 3.05) is 6.54 Å². The molecule has 1 amide bonds. The van der Waals surface area contributed by atoms with Gasteiger partial charge in [-0.05, 0) is 19.2 Å². The second kappa shape index (κ2) is 4.00. The first-order chi connectivity index (χ1) is 5.77. The maximum absolute atomic E-state index is 11.2. The summed E-state index contributed by atoms with van der Waals surface area (Å²) in [5.74, 6) is -0.0156. The predicted molar refractivity (Wildman–Crippen MR) is 49.5 cm³/mol. The summed E-state index contributed by atoms with van der Waals surface area (Å²) in [6.07, 6.45) is 3.65. The maximum atomic E-state index is 11.2. The van der Waals surface area contributed by atoms with Gasteiger partial charge in [0.05, 0.1) is 5.56 Å². The van der Waals surface area contributed by atoms with E-state index >= 15 is 0 Å². The molecule has 0 fully saturated rings.